The summed E-state index contributed by atoms with van der Waals surface area (Å²) in [6, 6.07) is 15.2. The van der Waals surface area contributed by atoms with Crippen molar-refractivity contribution in [3.8, 4) is 5.75 Å². The van der Waals surface area contributed by atoms with Crippen molar-refractivity contribution in [1.82, 2.24) is 19.9 Å². The van der Waals surface area contributed by atoms with Crippen LogP contribution in [0.15, 0.2) is 59.7 Å². The smallest absolute Gasteiger partial charge is 0.278 e. The Morgan fingerprint density at radius 2 is 1.97 bits per heavy atom. The molecule has 148 valence electrons. The van der Waals surface area contributed by atoms with Gasteiger partial charge in [-0.2, -0.15) is 0 Å². The molecule has 29 heavy (non-hydrogen) atoms. The molecule has 0 saturated carbocycles. The van der Waals surface area contributed by atoms with Crippen LogP contribution in [0, 0.1) is 0 Å². The number of H-pyrrole nitrogens is 1. The maximum Gasteiger partial charge on any atom is 0.278 e. The fourth-order valence-electron chi connectivity index (χ4n) is 3.19. The van der Waals surface area contributed by atoms with Crippen molar-refractivity contribution >= 4 is 27.8 Å². The van der Waals surface area contributed by atoms with Crippen molar-refractivity contribution < 1.29 is 9.53 Å². The summed E-state index contributed by atoms with van der Waals surface area (Å²) in [6.45, 7) is 3.03. The highest BCUT2D eigenvalue weighted by atomic mass is 16.5. The van der Waals surface area contributed by atoms with Crippen LogP contribution in [0.4, 0.5) is 0 Å². The molecule has 0 spiro atoms. The Kier molecular flexibility index (Phi) is 5.29. The highest BCUT2D eigenvalue weighted by molar-refractivity contribution is 6.04. The van der Waals surface area contributed by atoms with Gasteiger partial charge in [0.05, 0.1) is 12.9 Å². The van der Waals surface area contributed by atoms with Crippen molar-refractivity contribution in [3.63, 3.8) is 0 Å². The lowest BCUT2D eigenvalue weighted by Crippen LogP contribution is -2.32. The molecule has 0 saturated heterocycles. The van der Waals surface area contributed by atoms with E-state index in [4.69, 9.17) is 4.74 Å². The number of rotatable bonds is 7. The van der Waals surface area contributed by atoms with Gasteiger partial charge in [-0.3, -0.25) is 14.2 Å². The number of ether oxygens (including phenoxy) is 1. The molecule has 2 N–H and O–H groups in total. The highest BCUT2D eigenvalue weighted by Crippen LogP contribution is 2.20. The zero-order valence-corrected chi connectivity index (χ0v) is 16.1. The SMILES string of the molecule is CCCOc1ccc(CNC(=O)Cn2cnc3c([nH]c4ccccc43)c2=O)cc1. The summed E-state index contributed by atoms with van der Waals surface area (Å²) in [5, 5.41) is 3.73. The quantitative estimate of drug-likeness (QED) is 0.508. The highest BCUT2D eigenvalue weighted by Gasteiger charge is 2.12. The molecular formula is C22H22N4O3. The molecule has 2 aromatic heterocycles. The van der Waals surface area contributed by atoms with Crippen LogP contribution in [-0.4, -0.2) is 27.0 Å². The normalized spacial score (nSPS) is 11.1. The average Bonchev–Trinajstić information content (AvgIpc) is 3.13. The molecule has 2 aromatic carbocycles. The number of nitrogens with one attached hydrogen (secondary N) is 2. The summed E-state index contributed by atoms with van der Waals surface area (Å²) in [4.78, 5) is 32.5. The van der Waals surface area contributed by atoms with Gasteiger partial charge >= 0.3 is 0 Å². The number of nitrogens with zero attached hydrogens (tertiary/aromatic N) is 2. The molecule has 1 amide bonds. The fourth-order valence-corrected chi connectivity index (χ4v) is 3.19. The lowest BCUT2D eigenvalue weighted by molar-refractivity contribution is -0.121. The molecule has 7 heteroatoms. The minimum Gasteiger partial charge on any atom is -0.494 e. The van der Waals surface area contributed by atoms with Crippen LogP contribution < -0.4 is 15.6 Å². The molecule has 0 fully saturated rings. The van der Waals surface area contributed by atoms with E-state index in [0.717, 1.165) is 28.6 Å². The summed E-state index contributed by atoms with van der Waals surface area (Å²) < 4.78 is 6.86. The molecule has 2 heterocycles. The third-order valence-electron chi connectivity index (χ3n) is 4.68. The maximum atomic E-state index is 12.7. The van der Waals surface area contributed by atoms with Crippen LogP contribution in [0.1, 0.15) is 18.9 Å². The molecule has 0 aliphatic rings. The molecule has 0 atom stereocenters. The van der Waals surface area contributed by atoms with Crippen molar-refractivity contribution in [1.29, 1.82) is 0 Å². The summed E-state index contributed by atoms with van der Waals surface area (Å²) in [6.07, 6.45) is 2.38. The minimum absolute atomic E-state index is 0.0885. The van der Waals surface area contributed by atoms with Gasteiger partial charge in [0.1, 0.15) is 23.3 Å². The van der Waals surface area contributed by atoms with E-state index in [0.29, 0.717) is 24.2 Å². The van der Waals surface area contributed by atoms with E-state index in [1.54, 1.807) is 0 Å². The van der Waals surface area contributed by atoms with Crippen molar-refractivity contribution in [2.24, 2.45) is 0 Å². The first kappa shape index (κ1) is 18.7. The zero-order valence-electron chi connectivity index (χ0n) is 16.1. The number of aromatic amines is 1. The molecule has 4 aromatic rings. The number of amides is 1. The topological polar surface area (TPSA) is 89.0 Å². The van der Waals surface area contributed by atoms with E-state index in [9.17, 15) is 9.59 Å². The molecule has 4 rings (SSSR count). The molecule has 0 unspecified atom stereocenters. The number of hydrogen-bond donors (Lipinski definition) is 2. The first-order valence-corrected chi connectivity index (χ1v) is 9.60. The van der Waals surface area contributed by atoms with Crippen LogP contribution in [0.2, 0.25) is 0 Å². The number of fused-ring (bicyclic) bond motifs is 3. The first-order chi connectivity index (χ1) is 14.2. The molecular weight excluding hydrogens is 368 g/mol. The van der Waals surface area contributed by atoms with Crippen molar-refractivity contribution in [2.45, 2.75) is 26.4 Å². The Hall–Kier alpha value is -3.61. The van der Waals surface area contributed by atoms with E-state index >= 15 is 0 Å². The molecule has 7 nitrogen and oxygen atoms in total. The minimum atomic E-state index is -0.265. The van der Waals surface area contributed by atoms with Gasteiger partial charge in [0.2, 0.25) is 5.91 Å². The first-order valence-electron chi connectivity index (χ1n) is 9.60. The Balaban J connectivity index is 1.43. The lowest BCUT2D eigenvalue weighted by Gasteiger charge is -2.08. The van der Waals surface area contributed by atoms with Crippen LogP contribution in [0.3, 0.4) is 0 Å². The Bertz CT molecular complexity index is 1210. The number of benzene rings is 2. The zero-order chi connectivity index (χ0) is 20.2. The van der Waals surface area contributed by atoms with Crippen molar-refractivity contribution in [3.05, 3.63) is 70.8 Å². The van der Waals surface area contributed by atoms with Crippen LogP contribution >= 0.6 is 0 Å². The number of carbonyl (C=O) groups is 1. The Morgan fingerprint density at radius 3 is 2.76 bits per heavy atom. The molecule has 0 bridgehead atoms. The number of hydrogen-bond acceptors (Lipinski definition) is 4. The van der Waals surface area contributed by atoms with Crippen molar-refractivity contribution in [2.75, 3.05) is 6.61 Å². The van der Waals surface area contributed by atoms with E-state index in [2.05, 4.69) is 22.2 Å². The number of aromatic nitrogens is 3. The maximum absolute atomic E-state index is 12.7. The Labute approximate surface area is 167 Å². The van der Waals surface area contributed by atoms with Gasteiger partial charge in [0, 0.05) is 17.4 Å². The van der Waals surface area contributed by atoms with Gasteiger partial charge in [0.15, 0.2) is 0 Å². The van der Waals surface area contributed by atoms with Gasteiger partial charge in [-0.25, -0.2) is 4.98 Å². The second-order valence-electron chi connectivity index (χ2n) is 6.84. The van der Waals surface area contributed by atoms with E-state index in [1.807, 2.05) is 48.5 Å². The molecule has 0 aliphatic carbocycles. The predicted octanol–water partition coefficient (Wildman–Crippen LogP) is 2.98. The predicted molar refractivity (Wildman–Crippen MR) is 112 cm³/mol. The lowest BCUT2D eigenvalue weighted by atomic mass is 10.2. The second kappa shape index (κ2) is 8.18. The standard InChI is InChI=1S/C22H22N4O3/c1-2-11-29-16-9-7-15(8-10-16)12-23-19(27)13-26-14-24-20-17-5-3-4-6-18(17)25-21(20)22(26)28/h3-10,14,25H,2,11-13H2,1H3,(H,23,27). The molecule has 0 radical (unpaired) electrons. The van der Waals surface area contributed by atoms with Gasteiger partial charge in [-0.15, -0.1) is 0 Å². The average molecular weight is 390 g/mol. The number of para-hydroxylation sites is 1. The summed E-state index contributed by atoms with van der Waals surface area (Å²) in [7, 11) is 0. The fraction of sp³-hybridized carbons (Fsp3) is 0.227. The van der Waals surface area contributed by atoms with Gasteiger partial charge in [-0.1, -0.05) is 37.3 Å². The van der Waals surface area contributed by atoms with E-state index in [-0.39, 0.29) is 18.0 Å². The second-order valence-corrected chi connectivity index (χ2v) is 6.84. The summed E-state index contributed by atoms with van der Waals surface area (Å²) in [5.41, 5.74) is 2.56. The molecule has 0 aliphatic heterocycles. The summed E-state index contributed by atoms with van der Waals surface area (Å²) >= 11 is 0. The largest absolute Gasteiger partial charge is 0.494 e. The van der Waals surface area contributed by atoms with Gasteiger partial charge in [-0.05, 0) is 30.2 Å². The van der Waals surface area contributed by atoms with Crippen LogP contribution in [0.5, 0.6) is 5.75 Å². The monoisotopic (exact) mass is 390 g/mol. The Morgan fingerprint density at radius 1 is 1.17 bits per heavy atom. The van der Waals surface area contributed by atoms with Crippen LogP contribution in [-0.2, 0) is 17.9 Å². The van der Waals surface area contributed by atoms with Crippen LogP contribution in [0.25, 0.3) is 21.9 Å². The third-order valence-corrected chi connectivity index (χ3v) is 4.68. The van der Waals surface area contributed by atoms with E-state index < -0.39 is 0 Å². The van der Waals surface area contributed by atoms with Gasteiger partial charge < -0.3 is 15.0 Å². The van der Waals surface area contributed by atoms with Gasteiger partial charge in [0.25, 0.3) is 5.56 Å². The summed E-state index contributed by atoms with van der Waals surface area (Å²) in [5.74, 6) is 0.557. The van der Waals surface area contributed by atoms with E-state index in [1.165, 1.54) is 10.9 Å². The third kappa shape index (κ3) is 3.99. The number of carbonyl (C=O) groups excluding carboxylic acids is 1.